The van der Waals surface area contributed by atoms with Crippen LogP contribution in [0.2, 0.25) is 0 Å². The third-order valence-electron chi connectivity index (χ3n) is 3.37. The van der Waals surface area contributed by atoms with E-state index in [9.17, 15) is 4.79 Å². The summed E-state index contributed by atoms with van der Waals surface area (Å²) >= 11 is 1.43. The van der Waals surface area contributed by atoms with E-state index in [1.807, 2.05) is 11.5 Å². The second-order valence-electron chi connectivity index (χ2n) is 5.34. The number of carbonyl (C=O) groups is 1. The van der Waals surface area contributed by atoms with E-state index >= 15 is 0 Å². The van der Waals surface area contributed by atoms with Crippen molar-refractivity contribution < 1.29 is 9.32 Å². The van der Waals surface area contributed by atoms with E-state index in [1.54, 1.807) is 19.3 Å². The number of thioether (sulfide) groups is 1. The molecular formula is C15H23N5O2S. The molecule has 0 saturated heterocycles. The maximum atomic E-state index is 12.4. The Morgan fingerprint density at radius 1 is 1.43 bits per heavy atom. The maximum absolute atomic E-state index is 12.4. The largest absolute Gasteiger partial charge is 0.360 e. The van der Waals surface area contributed by atoms with Crippen molar-refractivity contribution in [3.8, 4) is 0 Å². The molecule has 2 aromatic heterocycles. The van der Waals surface area contributed by atoms with Gasteiger partial charge in [0, 0.05) is 12.6 Å². The molecule has 0 saturated carbocycles. The van der Waals surface area contributed by atoms with E-state index in [4.69, 9.17) is 4.52 Å². The van der Waals surface area contributed by atoms with Crippen molar-refractivity contribution in [2.24, 2.45) is 0 Å². The van der Waals surface area contributed by atoms with Gasteiger partial charge in [0.1, 0.15) is 12.1 Å². The topological polar surface area (TPSA) is 85.8 Å². The Kier molecular flexibility index (Phi) is 6.64. The predicted octanol–water partition coefficient (Wildman–Crippen LogP) is 3.27. The van der Waals surface area contributed by atoms with Crippen LogP contribution in [0.1, 0.15) is 45.3 Å². The zero-order valence-electron chi connectivity index (χ0n) is 13.8. The van der Waals surface area contributed by atoms with Crippen LogP contribution in [0.5, 0.6) is 0 Å². The molecule has 1 atom stereocenters. The molecule has 0 aliphatic heterocycles. The molecule has 7 nitrogen and oxygen atoms in total. The van der Waals surface area contributed by atoms with Crippen LogP contribution in [0, 0.1) is 6.92 Å². The fourth-order valence-corrected chi connectivity index (χ4v) is 3.06. The normalized spacial score (nSPS) is 12.3. The molecule has 2 rings (SSSR count). The number of unbranched alkanes of at least 4 members (excludes halogenated alkanes) is 2. The quantitative estimate of drug-likeness (QED) is 0.558. The average Bonchev–Trinajstić information content (AvgIpc) is 3.14. The molecule has 2 heterocycles. The van der Waals surface area contributed by atoms with Crippen LogP contribution in [-0.4, -0.2) is 31.1 Å². The predicted molar refractivity (Wildman–Crippen MR) is 89.4 cm³/mol. The Morgan fingerprint density at radius 2 is 2.26 bits per heavy atom. The number of anilines is 1. The summed E-state index contributed by atoms with van der Waals surface area (Å²) in [7, 11) is 0. The fourth-order valence-electron chi connectivity index (χ4n) is 2.10. The summed E-state index contributed by atoms with van der Waals surface area (Å²) in [5.74, 6) is 1.00. The van der Waals surface area contributed by atoms with Crippen molar-refractivity contribution in [1.29, 1.82) is 0 Å². The standard InChI is InChI=1S/C15H23N5O2S/c1-4-6-7-8-20-10-16-18-15(20)23-12(5-2)14(21)17-13-9-11(3)22-19-13/h9-10,12H,4-8H2,1-3H3,(H,17,19,21). The van der Waals surface area contributed by atoms with Crippen molar-refractivity contribution in [1.82, 2.24) is 19.9 Å². The zero-order chi connectivity index (χ0) is 16.7. The minimum Gasteiger partial charge on any atom is -0.360 e. The summed E-state index contributed by atoms with van der Waals surface area (Å²) in [5.41, 5.74) is 0. The van der Waals surface area contributed by atoms with E-state index in [2.05, 4.69) is 27.6 Å². The summed E-state index contributed by atoms with van der Waals surface area (Å²) < 4.78 is 6.97. The molecule has 1 N–H and O–H groups in total. The SMILES string of the molecule is CCCCCn1cnnc1SC(CC)C(=O)Nc1cc(C)on1. The Labute approximate surface area is 140 Å². The highest BCUT2D eigenvalue weighted by Crippen LogP contribution is 2.25. The average molecular weight is 337 g/mol. The van der Waals surface area contributed by atoms with Gasteiger partial charge in [0.05, 0.1) is 5.25 Å². The van der Waals surface area contributed by atoms with Gasteiger partial charge in [-0.2, -0.15) is 0 Å². The van der Waals surface area contributed by atoms with Crippen LogP contribution in [0.3, 0.4) is 0 Å². The number of nitrogens with zero attached hydrogens (tertiary/aromatic N) is 4. The molecule has 8 heteroatoms. The van der Waals surface area contributed by atoms with Gasteiger partial charge in [-0.15, -0.1) is 10.2 Å². The third-order valence-corrected chi connectivity index (χ3v) is 4.73. The Hall–Kier alpha value is -1.83. The molecule has 0 aliphatic rings. The van der Waals surface area contributed by atoms with E-state index in [0.717, 1.165) is 18.1 Å². The van der Waals surface area contributed by atoms with Gasteiger partial charge < -0.3 is 14.4 Å². The van der Waals surface area contributed by atoms with Gasteiger partial charge in [0.15, 0.2) is 11.0 Å². The van der Waals surface area contributed by atoms with Gasteiger partial charge in [0.25, 0.3) is 0 Å². The molecule has 23 heavy (non-hydrogen) atoms. The second-order valence-corrected chi connectivity index (χ2v) is 6.51. The fraction of sp³-hybridized carbons (Fsp3) is 0.600. The van der Waals surface area contributed by atoms with Crippen LogP contribution in [0.15, 0.2) is 22.1 Å². The van der Waals surface area contributed by atoms with Crippen molar-refractivity contribution in [2.45, 2.75) is 63.4 Å². The lowest BCUT2D eigenvalue weighted by molar-refractivity contribution is -0.115. The maximum Gasteiger partial charge on any atom is 0.239 e. The molecule has 0 aromatic carbocycles. The number of aromatic nitrogens is 4. The Morgan fingerprint density at radius 3 is 2.91 bits per heavy atom. The molecule has 0 spiro atoms. The lowest BCUT2D eigenvalue weighted by Gasteiger charge is -2.13. The van der Waals surface area contributed by atoms with Crippen LogP contribution in [0.25, 0.3) is 0 Å². The van der Waals surface area contributed by atoms with E-state index < -0.39 is 0 Å². The Balaban J connectivity index is 1.96. The molecule has 0 fully saturated rings. The highest BCUT2D eigenvalue weighted by Gasteiger charge is 2.21. The van der Waals surface area contributed by atoms with Crippen LogP contribution in [0.4, 0.5) is 5.82 Å². The van der Waals surface area contributed by atoms with E-state index in [0.29, 0.717) is 18.0 Å². The number of amides is 1. The monoisotopic (exact) mass is 337 g/mol. The van der Waals surface area contributed by atoms with Crippen molar-refractivity contribution in [3.63, 3.8) is 0 Å². The summed E-state index contributed by atoms with van der Waals surface area (Å²) in [6.45, 7) is 6.81. The number of carbonyl (C=O) groups excluding carboxylic acids is 1. The highest BCUT2D eigenvalue weighted by atomic mass is 32.2. The summed E-state index contributed by atoms with van der Waals surface area (Å²) in [5, 5.41) is 15.2. The first-order chi connectivity index (χ1) is 11.1. The molecular weight excluding hydrogens is 314 g/mol. The van der Waals surface area contributed by atoms with Crippen molar-refractivity contribution >= 4 is 23.5 Å². The van der Waals surface area contributed by atoms with Crippen LogP contribution in [-0.2, 0) is 11.3 Å². The first kappa shape index (κ1) is 17.5. The molecule has 126 valence electrons. The number of nitrogens with one attached hydrogen (secondary N) is 1. The summed E-state index contributed by atoms with van der Waals surface area (Å²) in [6, 6.07) is 1.70. The number of rotatable bonds is 9. The van der Waals surface area contributed by atoms with E-state index in [1.165, 1.54) is 24.6 Å². The summed E-state index contributed by atoms with van der Waals surface area (Å²) in [4.78, 5) is 12.4. The van der Waals surface area contributed by atoms with Gasteiger partial charge >= 0.3 is 0 Å². The summed E-state index contributed by atoms with van der Waals surface area (Å²) in [6.07, 6.45) is 5.84. The Bertz CT molecular complexity index is 625. The lowest BCUT2D eigenvalue weighted by atomic mass is 10.2. The van der Waals surface area contributed by atoms with Crippen molar-refractivity contribution in [3.05, 3.63) is 18.2 Å². The highest BCUT2D eigenvalue weighted by molar-refractivity contribution is 8.00. The number of hydrogen-bond acceptors (Lipinski definition) is 6. The lowest BCUT2D eigenvalue weighted by Crippen LogP contribution is -2.25. The molecule has 2 aromatic rings. The zero-order valence-corrected chi connectivity index (χ0v) is 14.6. The number of hydrogen-bond donors (Lipinski definition) is 1. The number of aryl methyl sites for hydroxylation is 2. The van der Waals surface area contributed by atoms with Gasteiger partial charge in [-0.25, -0.2) is 0 Å². The van der Waals surface area contributed by atoms with Gasteiger partial charge in [0.2, 0.25) is 5.91 Å². The van der Waals surface area contributed by atoms with Gasteiger partial charge in [-0.3, -0.25) is 4.79 Å². The molecule has 1 unspecified atom stereocenters. The smallest absolute Gasteiger partial charge is 0.239 e. The van der Waals surface area contributed by atoms with E-state index in [-0.39, 0.29) is 11.2 Å². The van der Waals surface area contributed by atoms with Crippen LogP contribution < -0.4 is 5.32 Å². The third kappa shape index (κ3) is 5.09. The second kappa shape index (κ2) is 8.71. The van der Waals surface area contributed by atoms with Crippen LogP contribution >= 0.6 is 11.8 Å². The van der Waals surface area contributed by atoms with Gasteiger partial charge in [-0.1, -0.05) is 43.6 Å². The minimum absolute atomic E-state index is 0.103. The minimum atomic E-state index is -0.249. The first-order valence-corrected chi connectivity index (χ1v) is 8.80. The van der Waals surface area contributed by atoms with Crippen molar-refractivity contribution in [2.75, 3.05) is 5.32 Å². The molecule has 1 amide bonds. The first-order valence-electron chi connectivity index (χ1n) is 7.92. The molecule has 0 aliphatic carbocycles. The molecule has 0 radical (unpaired) electrons. The molecule has 0 bridgehead atoms. The van der Waals surface area contributed by atoms with Gasteiger partial charge in [-0.05, 0) is 19.8 Å².